The minimum atomic E-state index is -0.191. The van der Waals surface area contributed by atoms with E-state index in [9.17, 15) is 9.59 Å². The Bertz CT molecular complexity index is 414. The van der Waals surface area contributed by atoms with Crippen LogP contribution in [0.15, 0.2) is 24.3 Å². The predicted octanol–water partition coefficient (Wildman–Crippen LogP) is 1.43. The van der Waals surface area contributed by atoms with Gasteiger partial charge in [0.1, 0.15) is 0 Å². The van der Waals surface area contributed by atoms with Gasteiger partial charge in [-0.2, -0.15) is 0 Å². The molecule has 1 aromatic carbocycles. The summed E-state index contributed by atoms with van der Waals surface area (Å²) in [5, 5.41) is 5.34. The van der Waals surface area contributed by atoms with Crippen molar-refractivity contribution in [3.05, 3.63) is 35.4 Å². The first-order valence-electron chi connectivity index (χ1n) is 5.65. The van der Waals surface area contributed by atoms with Gasteiger partial charge in [0.2, 0.25) is 0 Å². The molecule has 0 aliphatic rings. The van der Waals surface area contributed by atoms with Crippen LogP contribution in [0.3, 0.4) is 0 Å². The van der Waals surface area contributed by atoms with Crippen LogP contribution in [0.1, 0.15) is 34.6 Å². The Hall–Kier alpha value is -1.84. The fourth-order valence-corrected chi connectivity index (χ4v) is 1.34. The molecule has 0 unspecified atom stereocenters. The average Bonchev–Trinajstić information content (AvgIpc) is 2.35. The predicted molar refractivity (Wildman–Crippen MR) is 67.0 cm³/mol. The van der Waals surface area contributed by atoms with E-state index >= 15 is 0 Å². The second-order valence-corrected chi connectivity index (χ2v) is 4.26. The highest BCUT2D eigenvalue weighted by molar-refractivity contribution is 5.99. The van der Waals surface area contributed by atoms with Gasteiger partial charge in [0, 0.05) is 24.7 Å². The average molecular weight is 234 g/mol. The molecular weight excluding hydrogens is 216 g/mol. The summed E-state index contributed by atoms with van der Waals surface area (Å²) >= 11 is 0. The molecule has 92 valence electrons. The SMILES string of the molecule is CNC(=O)c1cccc(C(=O)NCC(C)C)c1. The highest BCUT2D eigenvalue weighted by atomic mass is 16.2. The Labute approximate surface area is 101 Å². The van der Waals surface area contributed by atoms with Gasteiger partial charge in [-0.15, -0.1) is 0 Å². The highest BCUT2D eigenvalue weighted by Crippen LogP contribution is 2.05. The van der Waals surface area contributed by atoms with Crippen LogP contribution in [-0.4, -0.2) is 25.4 Å². The molecule has 0 radical (unpaired) electrons. The second-order valence-electron chi connectivity index (χ2n) is 4.26. The highest BCUT2D eigenvalue weighted by Gasteiger charge is 2.09. The summed E-state index contributed by atoms with van der Waals surface area (Å²) < 4.78 is 0. The smallest absolute Gasteiger partial charge is 0.251 e. The maximum atomic E-state index is 11.8. The van der Waals surface area contributed by atoms with Crippen LogP contribution in [0, 0.1) is 5.92 Å². The maximum Gasteiger partial charge on any atom is 0.251 e. The Kier molecular flexibility index (Phi) is 4.69. The van der Waals surface area contributed by atoms with Crippen molar-refractivity contribution < 1.29 is 9.59 Å². The molecular formula is C13H18N2O2. The minimum absolute atomic E-state index is 0.149. The van der Waals surface area contributed by atoms with Crippen molar-refractivity contribution in [3.63, 3.8) is 0 Å². The molecule has 17 heavy (non-hydrogen) atoms. The summed E-state index contributed by atoms with van der Waals surface area (Å²) in [4.78, 5) is 23.2. The van der Waals surface area contributed by atoms with Gasteiger partial charge in [0.25, 0.3) is 11.8 Å². The van der Waals surface area contributed by atoms with E-state index in [1.165, 1.54) is 0 Å². The van der Waals surface area contributed by atoms with Crippen molar-refractivity contribution in [2.45, 2.75) is 13.8 Å². The zero-order chi connectivity index (χ0) is 12.8. The molecule has 2 amide bonds. The molecule has 4 nitrogen and oxygen atoms in total. The third-order valence-corrected chi connectivity index (χ3v) is 2.28. The number of carbonyl (C=O) groups is 2. The standard InChI is InChI=1S/C13H18N2O2/c1-9(2)8-15-13(17)11-6-4-5-10(7-11)12(16)14-3/h4-7,9H,8H2,1-3H3,(H,14,16)(H,15,17). The molecule has 0 aliphatic carbocycles. The quantitative estimate of drug-likeness (QED) is 0.828. The van der Waals surface area contributed by atoms with Crippen LogP contribution in [0.2, 0.25) is 0 Å². The number of hydrogen-bond acceptors (Lipinski definition) is 2. The van der Waals surface area contributed by atoms with Gasteiger partial charge in [-0.1, -0.05) is 19.9 Å². The minimum Gasteiger partial charge on any atom is -0.355 e. The van der Waals surface area contributed by atoms with E-state index in [2.05, 4.69) is 10.6 Å². The number of amides is 2. The van der Waals surface area contributed by atoms with Crippen LogP contribution in [0.5, 0.6) is 0 Å². The van der Waals surface area contributed by atoms with Crippen molar-refractivity contribution in [1.29, 1.82) is 0 Å². The Morgan fingerprint density at radius 2 is 1.76 bits per heavy atom. The molecule has 0 aliphatic heterocycles. The first-order chi connectivity index (χ1) is 8.04. The molecule has 0 fully saturated rings. The van der Waals surface area contributed by atoms with Crippen molar-refractivity contribution in [1.82, 2.24) is 10.6 Å². The van der Waals surface area contributed by atoms with Crippen molar-refractivity contribution in [2.24, 2.45) is 5.92 Å². The van der Waals surface area contributed by atoms with Gasteiger partial charge in [-0.3, -0.25) is 9.59 Å². The van der Waals surface area contributed by atoms with E-state index in [1.807, 2.05) is 13.8 Å². The van der Waals surface area contributed by atoms with Crippen LogP contribution in [0.25, 0.3) is 0 Å². The van der Waals surface area contributed by atoms with Crippen LogP contribution in [0.4, 0.5) is 0 Å². The zero-order valence-electron chi connectivity index (χ0n) is 10.4. The summed E-state index contributed by atoms with van der Waals surface area (Å²) in [6.07, 6.45) is 0. The van der Waals surface area contributed by atoms with Gasteiger partial charge in [0.05, 0.1) is 0 Å². The van der Waals surface area contributed by atoms with Crippen molar-refractivity contribution in [3.8, 4) is 0 Å². The molecule has 1 rings (SSSR count). The van der Waals surface area contributed by atoms with Gasteiger partial charge in [0.15, 0.2) is 0 Å². The fraction of sp³-hybridized carbons (Fsp3) is 0.385. The van der Waals surface area contributed by atoms with Crippen molar-refractivity contribution in [2.75, 3.05) is 13.6 Å². The molecule has 0 atom stereocenters. The summed E-state index contributed by atoms with van der Waals surface area (Å²) in [5.41, 5.74) is 0.997. The van der Waals surface area contributed by atoms with Gasteiger partial charge < -0.3 is 10.6 Å². The maximum absolute atomic E-state index is 11.8. The van der Waals surface area contributed by atoms with E-state index in [4.69, 9.17) is 0 Å². The van der Waals surface area contributed by atoms with Gasteiger partial charge >= 0.3 is 0 Å². The van der Waals surface area contributed by atoms with E-state index in [1.54, 1.807) is 31.3 Å². The van der Waals surface area contributed by atoms with Crippen LogP contribution >= 0.6 is 0 Å². The first-order valence-corrected chi connectivity index (χ1v) is 5.65. The van der Waals surface area contributed by atoms with E-state index < -0.39 is 0 Å². The molecule has 1 aromatic rings. The van der Waals surface area contributed by atoms with E-state index in [0.717, 1.165) is 0 Å². The summed E-state index contributed by atoms with van der Waals surface area (Å²) in [7, 11) is 1.56. The normalized spacial score (nSPS) is 10.1. The number of hydrogen-bond donors (Lipinski definition) is 2. The molecule has 0 spiro atoms. The van der Waals surface area contributed by atoms with Crippen LogP contribution < -0.4 is 10.6 Å². The fourth-order valence-electron chi connectivity index (χ4n) is 1.34. The monoisotopic (exact) mass is 234 g/mol. The number of carbonyl (C=O) groups excluding carboxylic acids is 2. The Balaban J connectivity index is 2.77. The summed E-state index contributed by atoms with van der Waals surface area (Å²) in [6.45, 7) is 4.69. The first kappa shape index (κ1) is 13.2. The Morgan fingerprint density at radius 3 is 2.29 bits per heavy atom. The lowest BCUT2D eigenvalue weighted by Crippen LogP contribution is -2.27. The third-order valence-electron chi connectivity index (χ3n) is 2.28. The van der Waals surface area contributed by atoms with E-state index in [-0.39, 0.29) is 11.8 Å². The molecule has 0 aromatic heterocycles. The van der Waals surface area contributed by atoms with Crippen LogP contribution in [-0.2, 0) is 0 Å². The Morgan fingerprint density at radius 1 is 1.18 bits per heavy atom. The molecule has 4 heteroatoms. The molecule has 0 saturated heterocycles. The topological polar surface area (TPSA) is 58.2 Å². The third kappa shape index (κ3) is 3.90. The number of rotatable bonds is 4. The largest absolute Gasteiger partial charge is 0.355 e. The molecule has 0 heterocycles. The van der Waals surface area contributed by atoms with Gasteiger partial charge in [-0.25, -0.2) is 0 Å². The number of nitrogens with one attached hydrogen (secondary N) is 2. The molecule has 0 saturated carbocycles. The molecule has 2 N–H and O–H groups in total. The van der Waals surface area contributed by atoms with Gasteiger partial charge in [-0.05, 0) is 24.1 Å². The number of benzene rings is 1. The second kappa shape index (κ2) is 6.03. The molecule has 0 bridgehead atoms. The summed E-state index contributed by atoms with van der Waals surface area (Å²) in [5.74, 6) is 0.0639. The van der Waals surface area contributed by atoms with E-state index in [0.29, 0.717) is 23.6 Å². The van der Waals surface area contributed by atoms with Crippen molar-refractivity contribution >= 4 is 11.8 Å². The lowest BCUT2D eigenvalue weighted by atomic mass is 10.1. The lowest BCUT2D eigenvalue weighted by Gasteiger charge is -2.08. The zero-order valence-corrected chi connectivity index (χ0v) is 10.4. The lowest BCUT2D eigenvalue weighted by molar-refractivity contribution is 0.0949. The summed E-state index contributed by atoms with van der Waals surface area (Å²) in [6, 6.07) is 6.67.